The van der Waals surface area contributed by atoms with Gasteiger partial charge in [0.2, 0.25) is 5.91 Å². The molecule has 6 heteroatoms. The smallest absolute Gasteiger partial charge is 0.237 e. The lowest BCUT2D eigenvalue weighted by Gasteiger charge is -2.19. The highest BCUT2D eigenvalue weighted by Crippen LogP contribution is 2.46. The van der Waals surface area contributed by atoms with Crippen molar-refractivity contribution in [3.63, 3.8) is 0 Å². The van der Waals surface area contributed by atoms with Crippen LogP contribution in [0.2, 0.25) is 0 Å². The lowest BCUT2D eigenvalue weighted by molar-refractivity contribution is -0.123. The van der Waals surface area contributed by atoms with Crippen molar-refractivity contribution in [1.29, 1.82) is 0 Å². The van der Waals surface area contributed by atoms with Gasteiger partial charge in [0, 0.05) is 18.2 Å². The average Bonchev–Trinajstić information content (AvgIpc) is 2.90. The molecule has 0 aromatic heterocycles. The molecule has 0 radical (unpaired) electrons. The molecule has 0 saturated heterocycles. The number of rotatable bonds is 6. The van der Waals surface area contributed by atoms with E-state index >= 15 is 0 Å². The Kier molecular flexibility index (Phi) is 4.19. The molecule has 1 amide bonds. The van der Waals surface area contributed by atoms with Crippen LogP contribution in [0.15, 0.2) is 0 Å². The first-order chi connectivity index (χ1) is 7.65. The second-order valence-electron chi connectivity index (χ2n) is 5.56. The molecule has 1 aliphatic rings. The van der Waals surface area contributed by atoms with Gasteiger partial charge in [0.25, 0.3) is 0 Å². The summed E-state index contributed by atoms with van der Waals surface area (Å²) >= 11 is 0. The number of hydrogen-bond acceptors (Lipinski definition) is 4. The molecular formula is C11H22N2O3S. The van der Waals surface area contributed by atoms with Gasteiger partial charge in [-0.3, -0.25) is 4.79 Å². The van der Waals surface area contributed by atoms with Gasteiger partial charge in [0.1, 0.15) is 9.84 Å². The summed E-state index contributed by atoms with van der Waals surface area (Å²) in [7, 11) is -2.99. The van der Waals surface area contributed by atoms with Crippen LogP contribution >= 0.6 is 0 Å². The Bertz CT molecular complexity index is 386. The topological polar surface area (TPSA) is 89.3 Å². The van der Waals surface area contributed by atoms with Crippen molar-refractivity contribution in [1.82, 2.24) is 5.32 Å². The van der Waals surface area contributed by atoms with Gasteiger partial charge in [0.05, 0.1) is 11.8 Å². The molecule has 1 atom stereocenters. The zero-order valence-corrected chi connectivity index (χ0v) is 11.5. The van der Waals surface area contributed by atoms with Gasteiger partial charge >= 0.3 is 0 Å². The third-order valence-corrected chi connectivity index (χ3v) is 4.32. The zero-order chi connectivity index (χ0) is 13.3. The van der Waals surface area contributed by atoms with Gasteiger partial charge in [-0.1, -0.05) is 13.8 Å². The summed E-state index contributed by atoms with van der Waals surface area (Å²) in [6.45, 7) is 4.18. The summed E-state index contributed by atoms with van der Waals surface area (Å²) in [4.78, 5) is 11.6. The normalized spacial score (nSPS) is 20.1. The third kappa shape index (κ3) is 4.63. The van der Waals surface area contributed by atoms with Gasteiger partial charge in [0.15, 0.2) is 0 Å². The lowest BCUT2D eigenvalue weighted by Crippen LogP contribution is -2.46. The Balaban J connectivity index is 2.44. The molecule has 0 unspecified atom stereocenters. The molecule has 0 spiro atoms. The molecular weight excluding hydrogens is 240 g/mol. The van der Waals surface area contributed by atoms with E-state index in [4.69, 9.17) is 5.73 Å². The number of nitrogens with two attached hydrogens (primary N) is 1. The summed E-state index contributed by atoms with van der Waals surface area (Å²) in [5, 5.41) is 2.76. The zero-order valence-electron chi connectivity index (χ0n) is 10.7. The van der Waals surface area contributed by atoms with Crippen LogP contribution in [0, 0.1) is 11.3 Å². The predicted octanol–water partition coefficient (Wildman–Crippen LogP) is -0.0893. The number of carbonyl (C=O) groups excluding carboxylic acids is 1. The molecule has 1 saturated carbocycles. The van der Waals surface area contributed by atoms with Crippen LogP contribution in [-0.2, 0) is 14.6 Å². The van der Waals surface area contributed by atoms with Crippen LogP contribution < -0.4 is 11.1 Å². The van der Waals surface area contributed by atoms with Crippen LogP contribution in [0.5, 0.6) is 0 Å². The molecule has 100 valence electrons. The summed E-state index contributed by atoms with van der Waals surface area (Å²) in [5.41, 5.74) is 5.47. The molecule has 3 N–H and O–H groups in total. The van der Waals surface area contributed by atoms with Crippen molar-refractivity contribution in [2.45, 2.75) is 32.7 Å². The number of nitrogens with one attached hydrogen (secondary N) is 1. The lowest BCUT2D eigenvalue weighted by atomic mass is 10.0. The monoisotopic (exact) mass is 262 g/mol. The maximum atomic E-state index is 11.6. The molecule has 0 bridgehead atoms. The van der Waals surface area contributed by atoms with Crippen molar-refractivity contribution in [2.75, 3.05) is 18.6 Å². The second kappa shape index (κ2) is 4.94. The third-order valence-electron chi connectivity index (χ3n) is 3.18. The Hall–Kier alpha value is -0.620. The van der Waals surface area contributed by atoms with E-state index in [1.165, 1.54) is 6.26 Å². The minimum absolute atomic E-state index is 0.0834. The van der Waals surface area contributed by atoms with Crippen molar-refractivity contribution >= 4 is 15.7 Å². The van der Waals surface area contributed by atoms with Crippen LogP contribution in [0.4, 0.5) is 0 Å². The van der Waals surface area contributed by atoms with Gasteiger partial charge in [-0.25, -0.2) is 8.42 Å². The van der Waals surface area contributed by atoms with E-state index in [1.807, 2.05) is 13.8 Å². The first-order valence-electron chi connectivity index (χ1n) is 5.86. The Morgan fingerprint density at radius 2 is 1.94 bits per heavy atom. The van der Waals surface area contributed by atoms with Crippen molar-refractivity contribution in [3.8, 4) is 0 Å². The van der Waals surface area contributed by atoms with Crippen molar-refractivity contribution in [3.05, 3.63) is 0 Å². The average molecular weight is 262 g/mol. The quantitative estimate of drug-likeness (QED) is 0.700. The number of amides is 1. The molecule has 0 heterocycles. The molecule has 5 nitrogen and oxygen atoms in total. The van der Waals surface area contributed by atoms with Crippen LogP contribution in [-0.4, -0.2) is 38.9 Å². The Morgan fingerprint density at radius 3 is 2.29 bits per heavy atom. The molecule has 1 rings (SSSR count). The van der Waals surface area contributed by atoms with Gasteiger partial charge in [-0.2, -0.15) is 0 Å². The van der Waals surface area contributed by atoms with Crippen LogP contribution in [0.3, 0.4) is 0 Å². The van der Waals surface area contributed by atoms with E-state index < -0.39 is 15.9 Å². The van der Waals surface area contributed by atoms with Crippen molar-refractivity contribution < 1.29 is 13.2 Å². The molecule has 1 aliphatic carbocycles. The standard InChI is InChI=1S/C11H22N2O3S/c1-8(2)9(12)10(14)13-6-11(4-5-11)7-17(3,15)16/h8-9H,4-7,12H2,1-3H3,(H,13,14)/t9-/m0/s1. The highest BCUT2D eigenvalue weighted by Gasteiger charge is 2.45. The molecule has 0 aromatic carbocycles. The number of carbonyl (C=O) groups is 1. The van der Waals surface area contributed by atoms with E-state index in [1.54, 1.807) is 0 Å². The fourth-order valence-corrected chi connectivity index (χ4v) is 3.30. The van der Waals surface area contributed by atoms with Crippen LogP contribution in [0.1, 0.15) is 26.7 Å². The van der Waals surface area contributed by atoms with E-state index in [-0.39, 0.29) is 23.0 Å². The highest BCUT2D eigenvalue weighted by molar-refractivity contribution is 7.90. The number of hydrogen-bond donors (Lipinski definition) is 2. The van der Waals surface area contributed by atoms with Gasteiger partial charge in [-0.15, -0.1) is 0 Å². The van der Waals surface area contributed by atoms with Crippen molar-refractivity contribution in [2.24, 2.45) is 17.1 Å². The fourth-order valence-electron chi connectivity index (χ4n) is 1.80. The van der Waals surface area contributed by atoms with E-state index in [0.717, 1.165) is 12.8 Å². The fraction of sp³-hybridized carbons (Fsp3) is 0.909. The predicted molar refractivity (Wildman–Crippen MR) is 67.2 cm³/mol. The number of sulfone groups is 1. The Labute approximate surface area is 103 Å². The van der Waals surface area contributed by atoms with E-state index in [9.17, 15) is 13.2 Å². The summed E-state index contributed by atoms with van der Waals surface area (Å²) in [6, 6.07) is -0.524. The molecule has 0 aromatic rings. The first kappa shape index (κ1) is 14.4. The van der Waals surface area contributed by atoms with E-state index in [0.29, 0.717) is 6.54 Å². The van der Waals surface area contributed by atoms with Crippen LogP contribution in [0.25, 0.3) is 0 Å². The second-order valence-corrected chi connectivity index (χ2v) is 7.70. The molecule has 17 heavy (non-hydrogen) atoms. The van der Waals surface area contributed by atoms with Gasteiger partial charge in [-0.05, 0) is 18.8 Å². The van der Waals surface area contributed by atoms with E-state index in [2.05, 4.69) is 5.32 Å². The first-order valence-corrected chi connectivity index (χ1v) is 7.92. The largest absolute Gasteiger partial charge is 0.354 e. The minimum atomic E-state index is -2.99. The molecule has 0 aliphatic heterocycles. The maximum Gasteiger partial charge on any atom is 0.237 e. The summed E-state index contributed by atoms with van der Waals surface area (Å²) < 4.78 is 22.5. The maximum absolute atomic E-state index is 11.6. The molecule has 1 fully saturated rings. The summed E-state index contributed by atoms with van der Waals surface area (Å²) in [5.74, 6) is 0.0387. The minimum Gasteiger partial charge on any atom is -0.354 e. The Morgan fingerprint density at radius 1 is 1.41 bits per heavy atom. The highest BCUT2D eigenvalue weighted by atomic mass is 32.2. The summed E-state index contributed by atoms with van der Waals surface area (Å²) in [6.07, 6.45) is 2.95. The van der Waals surface area contributed by atoms with Gasteiger partial charge < -0.3 is 11.1 Å². The SMILES string of the molecule is CC(C)[C@H](N)C(=O)NCC1(CS(C)(=O)=O)CC1.